The average molecular weight is 246 g/mol. The summed E-state index contributed by atoms with van der Waals surface area (Å²) in [6.45, 7) is 2.67. The number of aromatic nitrogens is 4. The first-order chi connectivity index (χ1) is 8.56. The second kappa shape index (κ2) is 5.03. The second-order valence-electron chi connectivity index (χ2n) is 4.44. The molecule has 0 spiro atoms. The molecule has 96 valence electrons. The molecule has 18 heavy (non-hydrogen) atoms. The Hall–Kier alpha value is -2.11. The molecule has 6 heteroatoms. The van der Waals surface area contributed by atoms with Crippen LogP contribution in [-0.2, 0) is 13.6 Å². The third kappa shape index (κ3) is 2.77. The van der Waals surface area contributed by atoms with Crippen molar-refractivity contribution in [2.24, 2.45) is 7.05 Å². The third-order valence-electron chi connectivity index (χ3n) is 2.69. The summed E-state index contributed by atoms with van der Waals surface area (Å²) in [5, 5.41) is 15.1. The lowest BCUT2D eigenvalue weighted by molar-refractivity contribution is 0.628. The van der Waals surface area contributed by atoms with E-state index in [9.17, 15) is 0 Å². The molecule has 0 unspecified atom stereocenters. The number of hydrogen-bond donors (Lipinski definition) is 1. The van der Waals surface area contributed by atoms with Gasteiger partial charge in [-0.3, -0.25) is 0 Å². The van der Waals surface area contributed by atoms with Crippen LogP contribution in [0.2, 0.25) is 0 Å². The summed E-state index contributed by atoms with van der Waals surface area (Å²) in [6, 6.07) is 6.27. The van der Waals surface area contributed by atoms with Crippen molar-refractivity contribution in [2.45, 2.75) is 13.5 Å². The maximum absolute atomic E-state index is 4.12. The van der Waals surface area contributed by atoms with Crippen LogP contribution < -0.4 is 10.2 Å². The molecule has 1 aromatic carbocycles. The molecule has 0 atom stereocenters. The zero-order valence-corrected chi connectivity index (χ0v) is 11.2. The molecule has 0 fully saturated rings. The Morgan fingerprint density at radius 3 is 2.72 bits per heavy atom. The van der Waals surface area contributed by atoms with Crippen molar-refractivity contribution in [3.05, 3.63) is 29.6 Å². The highest BCUT2D eigenvalue weighted by Crippen LogP contribution is 2.22. The molecule has 1 heterocycles. The van der Waals surface area contributed by atoms with Gasteiger partial charge in [0.05, 0.1) is 13.6 Å². The topological polar surface area (TPSA) is 58.9 Å². The minimum Gasteiger partial charge on any atom is -0.378 e. The molecule has 0 aliphatic heterocycles. The standard InChI is InChI=1S/C12H18N6/c1-9-5-6-10(7-11(9)17(2)3)13-8-12-14-16-18(4)15-12/h5-7,13H,8H2,1-4H3. The number of nitrogens with zero attached hydrogens (tertiary/aromatic N) is 5. The minimum atomic E-state index is 0.573. The fourth-order valence-electron chi connectivity index (χ4n) is 1.78. The van der Waals surface area contributed by atoms with Crippen molar-refractivity contribution < 1.29 is 0 Å². The second-order valence-corrected chi connectivity index (χ2v) is 4.44. The van der Waals surface area contributed by atoms with Crippen molar-refractivity contribution in [1.82, 2.24) is 20.2 Å². The van der Waals surface area contributed by atoms with Crippen molar-refractivity contribution in [3.63, 3.8) is 0 Å². The van der Waals surface area contributed by atoms with Crippen molar-refractivity contribution in [1.29, 1.82) is 0 Å². The molecule has 1 N–H and O–H groups in total. The summed E-state index contributed by atoms with van der Waals surface area (Å²) in [4.78, 5) is 3.55. The molecule has 0 bridgehead atoms. The summed E-state index contributed by atoms with van der Waals surface area (Å²) in [5.74, 6) is 0.685. The Morgan fingerprint density at radius 1 is 1.33 bits per heavy atom. The van der Waals surface area contributed by atoms with E-state index in [1.807, 2.05) is 14.1 Å². The minimum absolute atomic E-state index is 0.573. The van der Waals surface area contributed by atoms with Gasteiger partial charge in [-0.2, -0.15) is 4.80 Å². The van der Waals surface area contributed by atoms with E-state index in [0.717, 1.165) is 5.69 Å². The quantitative estimate of drug-likeness (QED) is 0.878. The fourth-order valence-corrected chi connectivity index (χ4v) is 1.78. The van der Waals surface area contributed by atoms with Gasteiger partial charge in [-0.1, -0.05) is 6.07 Å². The Kier molecular flexibility index (Phi) is 3.45. The largest absolute Gasteiger partial charge is 0.378 e. The van der Waals surface area contributed by atoms with E-state index in [4.69, 9.17) is 0 Å². The first-order valence-corrected chi connectivity index (χ1v) is 5.81. The van der Waals surface area contributed by atoms with Crippen molar-refractivity contribution in [3.8, 4) is 0 Å². The summed E-state index contributed by atoms with van der Waals surface area (Å²) < 4.78 is 0. The molecule has 1 aromatic heterocycles. The predicted molar refractivity (Wildman–Crippen MR) is 71.6 cm³/mol. The number of aryl methyl sites for hydroxylation is 2. The van der Waals surface area contributed by atoms with Gasteiger partial charge in [0, 0.05) is 25.5 Å². The normalized spacial score (nSPS) is 10.4. The van der Waals surface area contributed by atoms with E-state index in [1.54, 1.807) is 7.05 Å². The van der Waals surface area contributed by atoms with Gasteiger partial charge in [0.1, 0.15) is 0 Å². The molecule has 0 aliphatic rings. The van der Waals surface area contributed by atoms with Crippen molar-refractivity contribution >= 4 is 11.4 Å². The fraction of sp³-hybridized carbons (Fsp3) is 0.417. The Morgan fingerprint density at radius 2 is 2.11 bits per heavy atom. The van der Waals surface area contributed by atoms with Gasteiger partial charge in [0.15, 0.2) is 5.82 Å². The monoisotopic (exact) mass is 246 g/mol. The highest BCUT2D eigenvalue weighted by Gasteiger charge is 2.04. The van der Waals surface area contributed by atoms with Crippen LogP contribution in [0.4, 0.5) is 11.4 Å². The van der Waals surface area contributed by atoms with Crippen LogP contribution in [0, 0.1) is 6.92 Å². The zero-order chi connectivity index (χ0) is 13.1. The average Bonchev–Trinajstić information content (AvgIpc) is 2.74. The summed E-state index contributed by atoms with van der Waals surface area (Å²) in [7, 11) is 5.83. The SMILES string of the molecule is Cc1ccc(NCc2nnn(C)n2)cc1N(C)C. The van der Waals surface area contributed by atoms with Gasteiger partial charge in [0.2, 0.25) is 0 Å². The van der Waals surface area contributed by atoms with E-state index < -0.39 is 0 Å². The Balaban J connectivity index is 2.08. The number of nitrogens with one attached hydrogen (secondary N) is 1. The van der Waals surface area contributed by atoms with Crippen LogP contribution in [0.15, 0.2) is 18.2 Å². The van der Waals surface area contributed by atoms with E-state index in [0.29, 0.717) is 12.4 Å². The van der Waals surface area contributed by atoms with Gasteiger partial charge in [0.25, 0.3) is 0 Å². The number of benzene rings is 1. The number of tetrazole rings is 1. The van der Waals surface area contributed by atoms with E-state index in [2.05, 4.69) is 50.8 Å². The van der Waals surface area contributed by atoms with Gasteiger partial charge in [-0.15, -0.1) is 10.2 Å². The molecular formula is C12H18N6. The molecule has 0 amide bonds. The summed E-state index contributed by atoms with van der Waals surface area (Å²) in [6.07, 6.45) is 0. The molecule has 0 aliphatic carbocycles. The Labute approximate surface area is 107 Å². The highest BCUT2D eigenvalue weighted by molar-refractivity contribution is 5.61. The van der Waals surface area contributed by atoms with Crippen LogP contribution in [0.5, 0.6) is 0 Å². The van der Waals surface area contributed by atoms with Crippen LogP contribution in [0.25, 0.3) is 0 Å². The van der Waals surface area contributed by atoms with Gasteiger partial charge >= 0.3 is 0 Å². The molecular weight excluding hydrogens is 228 g/mol. The number of rotatable bonds is 4. The van der Waals surface area contributed by atoms with Crippen LogP contribution >= 0.6 is 0 Å². The van der Waals surface area contributed by atoms with E-state index in [-0.39, 0.29) is 0 Å². The van der Waals surface area contributed by atoms with Gasteiger partial charge < -0.3 is 10.2 Å². The maximum Gasteiger partial charge on any atom is 0.193 e. The Bertz CT molecular complexity index is 531. The highest BCUT2D eigenvalue weighted by atomic mass is 15.6. The van der Waals surface area contributed by atoms with E-state index in [1.165, 1.54) is 16.0 Å². The first-order valence-electron chi connectivity index (χ1n) is 5.81. The zero-order valence-electron chi connectivity index (χ0n) is 11.2. The smallest absolute Gasteiger partial charge is 0.193 e. The molecule has 2 aromatic rings. The number of hydrogen-bond acceptors (Lipinski definition) is 5. The van der Waals surface area contributed by atoms with Gasteiger partial charge in [-0.05, 0) is 29.8 Å². The molecule has 6 nitrogen and oxygen atoms in total. The molecule has 0 radical (unpaired) electrons. The lowest BCUT2D eigenvalue weighted by Crippen LogP contribution is -2.11. The lowest BCUT2D eigenvalue weighted by Gasteiger charge is -2.17. The predicted octanol–water partition coefficient (Wildman–Crippen LogP) is 1.20. The van der Waals surface area contributed by atoms with E-state index >= 15 is 0 Å². The first kappa shape index (κ1) is 12.3. The number of anilines is 2. The van der Waals surface area contributed by atoms with Crippen LogP contribution in [0.3, 0.4) is 0 Å². The van der Waals surface area contributed by atoms with Crippen LogP contribution in [-0.4, -0.2) is 34.3 Å². The molecule has 0 saturated heterocycles. The molecule has 0 saturated carbocycles. The van der Waals surface area contributed by atoms with Gasteiger partial charge in [-0.25, -0.2) is 0 Å². The lowest BCUT2D eigenvalue weighted by atomic mass is 10.1. The van der Waals surface area contributed by atoms with Crippen molar-refractivity contribution in [2.75, 3.05) is 24.3 Å². The molecule has 2 rings (SSSR count). The maximum atomic E-state index is 4.12. The van der Waals surface area contributed by atoms with Crippen LogP contribution in [0.1, 0.15) is 11.4 Å². The third-order valence-corrected chi connectivity index (χ3v) is 2.69. The summed E-state index contributed by atoms with van der Waals surface area (Å²) >= 11 is 0. The summed E-state index contributed by atoms with van der Waals surface area (Å²) in [5.41, 5.74) is 3.51.